The van der Waals surface area contributed by atoms with Crippen LogP contribution in [0.4, 0.5) is 0 Å². The molecule has 0 spiro atoms. The van der Waals surface area contributed by atoms with Crippen LogP contribution in [-0.4, -0.2) is 21.9 Å². The van der Waals surface area contributed by atoms with Gasteiger partial charge >= 0.3 is 0 Å². The molecule has 2 rings (SSSR count). The van der Waals surface area contributed by atoms with Gasteiger partial charge in [-0.05, 0) is 26.2 Å². The van der Waals surface area contributed by atoms with Crippen LogP contribution in [-0.2, 0) is 0 Å². The van der Waals surface area contributed by atoms with Crippen LogP contribution in [0, 0.1) is 6.92 Å². The molecule has 1 aliphatic rings. The lowest BCUT2D eigenvalue weighted by Crippen LogP contribution is -2.54. The number of rotatable bonds is 3. The van der Waals surface area contributed by atoms with Gasteiger partial charge in [-0.25, -0.2) is 0 Å². The summed E-state index contributed by atoms with van der Waals surface area (Å²) in [5.74, 6) is 0.120. The molecule has 0 atom stereocenters. The smallest absolute Gasteiger partial charge is 0.290 e. The molecule has 0 aromatic carbocycles. The molecule has 1 heterocycles. The summed E-state index contributed by atoms with van der Waals surface area (Å²) < 4.78 is 4.91. The van der Waals surface area contributed by atoms with E-state index in [1.807, 2.05) is 0 Å². The highest BCUT2D eigenvalue weighted by atomic mass is 79.9. The first-order valence-corrected chi connectivity index (χ1v) is 6.09. The van der Waals surface area contributed by atoms with Gasteiger partial charge in [-0.15, -0.1) is 0 Å². The number of aryl methyl sites for hydroxylation is 1. The molecule has 1 saturated carbocycles. The molecule has 0 radical (unpaired) electrons. The standard InChI is InChI=1S/C10H13BrN2O2/c1-7-5-8(15-13-7)9(14)12-10(6-11)3-2-4-10/h5H,2-4,6H2,1H3,(H,12,14). The molecule has 1 aromatic rings. The van der Waals surface area contributed by atoms with Gasteiger partial charge in [0.15, 0.2) is 0 Å². The first kappa shape index (κ1) is 10.7. The minimum atomic E-state index is -0.172. The van der Waals surface area contributed by atoms with Gasteiger partial charge in [0.05, 0.1) is 11.2 Å². The molecular weight excluding hydrogens is 260 g/mol. The van der Waals surface area contributed by atoms with E-state index >= 15 is 0 Å². The molecule has 0 saturated heterocycles. The SMILES string of the molecule is Cc1cc(C(=O)NC2(CBr)CCC2)on1. The Hall–Kier alpha value is -0.840. The summed E-state index contributed by atoms with van der Waals surface area (Å²) in [6.07, 6.45) is 3.22. The van der Waals surface area contributed by atoms with Crippen molar-refractivity contribution in [2.24, 2.45) is 0 Å². The summed E-state index contributed by atoms with van der Waals surface area (Å²) in [5, 5.41) is 7.47. The predicted octanol–water partition coefficient (Wildman–Crippen LogP) is 2.03. The second kappa shape index (κ2) is 3.96. The Balaban J connectivity index is 2.03. The van der Waals surface area contributed by atoms with E-state index < -0.39 is 0 Å². The van der Waals surface area contributed by atoms with Gasteiger partial charge in [0.2, 0.25) is 5.76 Å². The van der Waals surface area contributed by atoms with Crippen molar-refractivity contribution in [2.75, 3.05) is 5.33 Å². The lowest BCUT2D eigenvalue weighted by Gasteiger charge is -2.40. The predicted molar refractivity (Wildman–Crippen MR) is 59.1 cm³/mol. The lowest BCUT2D eigenvalue weighted by atomic mass is 9.78. The summed E-state index contributed by atoms with van der Waals surface area (Å²) in [4.78, 5) is 11.8. The van der Waals surface area contributed by atoms with Crippen molar-refractivity contribution in [1.82, 2.24) is 10.5 Å². The van der Waals surface area contributed by atoms with Crippen molar-refractivity contribution < 1.29 is 9.32 Å². The number of nitrogens with one attached hydrogen (secondary N) is 1. The van der Waals surface area contributed by atoms with Crippen LogP contribution >= 0.6 is 15.9 Å². The van der Waals surface area contributed by atoms with E-state index in [2.05, 4.69) is 26.4 Å². The first-order valence-electron chi connectivity index (χ1n) is 4.97. The van der Waals surface area contributed by atoms with E-state index in [0.29, 0.717) is 5.76 Å². The van der Waals surface area contributed by atoms with Gasteiger partial charge < -0.3 is 9.84 Å². The molecule has 0 unspecified atom stereocenters. The van der Waals surface area contributed by atoms with Crippen molar-refractivity contribution in [2.45, 2.75) is 31.7 Å². The molecule has 1 amide bonds. The molecule has 82 valence electrons. The number of halogens is 1. The van der Waals surface area contributed by atoms with Crippen LogP contribution < -0.4 is 5.32 Å². The highest BCUT2D eigenvalue weighted by Gasteiger charge is 2.38. The van der Waals surface area contributed by atoms with Crippen LogP contribution in [0.15, 0.2) is 10.6 Å². The van der Waals surface area contributed by atoms with Crippen LogP contribution in [0.5, 0.6) is 0 Å². The second-order valence-corrected chi connectivity index (χ2v) is 4.61. The molecule has 1 aromatic heterocycles. The third kappa shape index (κ3) is 2.07. The zero-order valence-electron chi connectivity index (χ0n) is 8.55. The monoisotopic (exact) mass is 272 g/mol. The molecule has 4 nitrogen and oxygen atoms in total. The third-order valence-electron chi connectivity index (χ3n) is 2.80. The third-order valence-corrected chi connectivity index (χ3v) is 3.87. The van der Waals surface area contributed by atoms with Gasteiger partial charge in [-0.1, -0.05) is 21.1 Å². The number of amides is 1. The Morgan fingerprint density at radius 3 is 2.87 bits per heavy atom. The van der Waals surface area contributed by atoms with Gasteiger partial charge in [-0.3, -0.25) is 4.79 Å². The largest absolute Gasteiger partial charge is 0.351 e. The number of nitrogens with zero attached hydrogens (tertiary/aromatic N) is 1. The van der Waals surface area contributed by atoms with Crippen molar-refractivity contribution in [3.63, 3.8) is 0 Å². The molecule has 1 N–H and O–H groups in total. The number of carbonyl (C=O) groups is 1. The number of hydrogen-bond donors (Lipinski definition) is 1. The maximum Gasteiger partial charge on any atom is 0.290 e. The van der Waals surface area contributed by atoms with Crippen molar-refractivity contribution >= 4 is 21.8 Å². The Morgan fingerprint density at radius 1 is 1.73 bits per heavy atom. The summed E-state index contributed by atoms with van der Waals surface area (Å²) >= 11 is 3.43. The molecule has 1 aliphatic carbocycles. The van der Waals surface area contributed by atoms with Crippen LogP contribution in [0.1, 0.15) is 35.5 Å². The Labute approximate surface area is 96.5 Å². The van der Waals surface area contributed by atoms with Gasteiger partial charge in [0.25, 0.3) is 5.91 Å². The fourth-order valence-electron chi connectivity index (χ4n) is 1.67. The Kier molecular flexibility index (Phi) is 2.82. The van der Waals surface area contributed by atoms with Gasteiger partial charge in [0.1, 0.15) is 0 Å². The van der Waals surface area contributed by atoms with E-state index in [4.69, 9.17) is 4.52 Å². The fraction of sp³-hybridized carbons (Fsp3) is 0.600. The van der Waals surface area contributed by atoms with E-state index in [1.54, 1.807) is 13.0 Å². The van der Waals surface area contributed by atoms with Crippen molar-refractivity contribution in [3.05, 3.63) is 17.5 Å². The topological polar surface area (TPSA) is 55.1 Å². The molecular formula is C10H13BrN2O2. The average Bonchev–Trinajstić information content (AvgIpc) is 2.58. The number of alkyl halides is 1. The lowest BCUT2D eigenvalue weighted by molar-refractivity contribution is 0.0818. The highest BCUT2D eigenvalue weighted by molar-refractivity contribution is 9.09. The minimum Gasteiger partial charge on any atom is -0.351 e. The van der Waals surface area contributed by atoms with Crippen molar-refractivity contribution in [1.29, 1.82) is 0 Å². The molecule has 15 heavy (non-hydrogen) atoms. The first-order chi connectivity index (χ1) is 7.15. The summed E-state index contributed by atoms with van der Waals surface area (Å²) in [6, 6.07) is 1.65. The van der Waals surface area contributed by atoms with Gasteiger partial charge in [-0.2, -0.15) is 0 Å². The maximum absolute atomic E-state index is 11.8. The molecule has 5 heteroatoms. The van der Waals surface area contributed by atoms with E-state index in [0.717, 1.165) is 23.9 Å². The highest BCUT2D eigenvalue weighted by Crippen LogP contribution is 2.33. The summed E-state index contributed by atoms with van der Waals surface area (Å²) in [6.45, 7) is 1.80. The zero-order valence-corrected chi connectivity index (χ0v) is 10.1. The summed E-state index contributed by atoms with van der Waals surface area (Å²) in [5.41, 5.74) is 0.652. The number of carbonyl (C=O) groups excluding carboxylic acids is 1. The van der Waals surface area contributed by atoms with Crippen LogP contribution in [0.2, 0.25) is 0 Å². The number of aromatic nitrogens is 1. The van der Waals surface area contributed by atoms with Crippen LogP contribution in [0.3, 0.4) is 0 Å². The van der Waals surface area contributed by atoms with E-state index in [-0.39, 0.29) is 11.4 Å². The average molecular weight is 273 g/mol. The van der Waals surface area contributed by atoms with E-state index in [1.165, 1.54) is 6.42 Å². The molecule has 0 bridgehead atoms. The fourth-order valence-corrected chi connectivity index (χ4v) is 2.37. The molecule has 1 fully saturated rings. The van der Waals surface area contributed by atoms with Gasteiger partial charge in [0, 0.05) is 11.4 Å². The Morgan fingerprint density at radius 2 is 2.47 bits per heavy atom. The normalized spacial score (nSPS) is 18.3. The zero-order chi connectivity index (χ0) is 10.9. The van der Waals surface area contributed by atoms with Crippen LogP contribution in [0.25, 0.3) is 0 Å². The second-order valence-electron chi connectivity index (χ2n) is 4.05. The maximum atomic E-state index is 11.8. The number of hydrogen-bond acceptors (Lipinski definition) is 3. The minimum absolute atomic E-state index is 0.0716. The molecule has 0 aliphatic heterocycles. The van der Waals surface area contributed by atoms with E-state index in [9.17, 15) is 4.79 Å². The van der Waals surface area contributed by atoms with Crippen molar-refractivity contribution in [3.8, 4) is 0 Å². The summed E-state index contributed by atoms with van der Waals surface area (Å²) in [7, 11) is 0. The Bertz CT molecular complexity index is 366. The quantitative estimate of drug-likeness (QED) is 0.857.